The van der Waals surface area contributed by atoms with Crippen molar-refractivity contribution in [2.24, 2.45) is 0 Å². The summed E-state index contributed by atoms with van der Waals surface area (Å²) in [6, 6.07) is 2.02. The number of thioether (sulfide) groups is 1. The van der Waals surface area contributed by atoms with Gasteiger partial charge in [-0.05, 0) is 6.07 Å². The minimum atomic E-state index is 0.174. The zero-order chi connectivity index (χ0) is 11.5. The van der Waals surface area contributed by atoms with E-state index in [0.717, 1.165) is 25.5 Å². The van der Waals surface area contributed by atoms with Crippen molar-refractivity contribution in [1.29, 1.82) is 0 Å². The van der Waals surface area contributed by atoms with E-state index in [2.05, 4.69) is 20.2 Å². The van der Waals surface area contributed by atoms with Crippen molar-refractivity contribution in [2.75, 3.05) is 32.1 Å². The van der Waals surface area contributed by atoms with E-state index in [1.165, 1.54) is 5.75 Å². The molecule has 3 heterocycles. The Hall–Kier alpha value is -0.690. The van der Waals surface area contributed by atoms with Gasteiger partial charge in [-0.1, -0.05) is 0 Å². The molecule has 92 valence electrons. The predicted molar refractivity (Wildman–Crippen MR) is 66.5 cm³/mol. The molecule has 2 aliphatic rings. The van der Waals surface area contributed by atoms with Crippen LogP contribution in [0.4, 0.5) is 0 Å². The Balaban J connectivity index is 1.80. The van der Waals surface area contributed by atoms with Crippen LogP contribution in [0.2, 0.25) is 0 Å². The first-order valence-corrected chi connectivity index (χ1v) is 6.95. The molecule has 0 aliphatic carbocycles. The number of ether oxygens (including phenoxy) is 1. The Morgan fingerprint density at radius 3 is 3.06 bits per heavy atom. The van der Waals surface area contributed by atoms with Gasteiger partial charge in [0.25, 0.3) is 0 Å². The van der Waals surface area contributed by atoms with E-state index >= 15 is 0 Å². The van der Waals surface area contributed by atoms with Gasteiger partial charge in [-0.15, -0.1) is 11.8 Å². The number of morpholine rings is 1. The first-order chi connectivity index (χ1) is 8.45. The normalized spacial score (nSPS) is 30.6. The first-order valence-electron chi connectivity index (χ1n) is 5.90. The number of aromatic nitrogens is 2. The third-order valence-electron chi connectivity index (χ3n) is 3.05. The molecule has 17 heavy (non-hydrogen) atoms. The summed E-state index contributed by atoms with van der Waals surface area (Å²) < 4.78 is 5.57. The van der Waals surface area contributed by atoms with Crippen LogP contribution >= 0.6 is 11.8 Å². The minimum absolute atomic E-state index is 0.174. The van der Waals surface area contributed by atoms with Crippen LogP contribution in [0.3, 0.4) is 0 Å². The molecule has 0 bridgehead atoms. The van der Waals surface area contributed by atoms with Crippen LogP contribution in [-0.4, -0.2) is 52.4 Å². The highest BCUT2D eigenvalue weighted by Gasteiger charge is 2.33. The molecule has 2 fully saturated rings. The van der Waals surface area contributed by atoms with Crippen LogP contribution in [0.25, 0.3) is 0 Å². The Morgan fingerprint density at radius 2 is 2.29 bits per heavy atom. The summed E-state index contributed by atoms with van der Waals surface area (Å²) in [6.45, 7) is 3.49. The molecule has 6 heteroatoms. The van der Waals surface area contributed by atoms with Gasteiger partial charge in [-0.3, -0.25) is 10.2 Å². The third-order valence-corrected chi connectivity index (χ3v) is 4.24. The smallest absolute Gasteiger partial charge is 0.147 e. The van der Waals surface area contributed by atoms with Gasteiger partial charge in [0.1, 0.15) is 11.3 Å². The molecule has 1 aromatic rings. The standard InChI is InChI=1S/C11H16N4OS/c1-2-12-10(13-3-1)9-8-16-6-5-15(9)11-14-4-7-17-11/h1-3,9,11,14H,4-8H2. The molecule has 0 saturated carbocycles. The van der Waals surface area contributed by atoms with Gasteiger partial charge >= 0.3 is 0 Å². The van der Waals surface area contributed by atoms with Gasteiger partial charge in [0.05, 0.1) is 19.3 Å². The molecule has 2 aliphatic heterocycles. The molecule has 2 unspecified atom stereocenters. The number of rotatable bonds is 2. The maximum atomic E-state index is 5.57. The van der Waals surface area contributed by atoms with Gasteiger partial charge < -0.3 is 4.74 Å². The fraction of sp³-hybridized carbons (Fsp3) is 0.636. The number of nitrogens with one attached hydrogen (secondary N) is 1. The molecule has 1 N–H and O–H groups in total. The van der Waals surface area contributed by atoms with Crippen molar-refractivity contribution in [3.8, 4) is 0 Å². The van der Waals surface area contributed by atoms with Gasteiger partial charge in [0.2, 0.25) is 0 Å². The lowest BCUT2D eigenvalue weighted by molar-refractivity contribution is -0.0208. The van der Waals surface area contributed by atoms with E-state index in [1.807, 2.05) is 17.8 Å². The van der Waals surface area contributed by atoms with Crippen molar-refractivity contribution in [1.82, 2.24) is 20.2 Å². The highest BCUT2D eigenvalue weighted by molar-refractivity contribution is 8.00. The Morgan fingerprint density at radius 1 is 1.41 bits per heavy atom. The molecule has 1 aromatic heterocycles. The molecule has 0 spiro atoms. The molecule has 0 radical (unpaired) electrons. The molecule has 0 amide bonds. The SMILES string of the molecule is c1cnc(C2COCCN2C2NCCS2)nc1. The number of hydrogen-bond donors (Lipinski definition) is 1. The van der Waals surface area contributed by atoms with E-state index in [0.29, 0.717) is 12.1 Å². The van der Waals surface area contributed by atoms with Crippen LogP contribution in [0.15, 0.2) is 18.5 Å². The second-order valence-electron chi connectivity index (χ2n) is 4.11. The zero-order valence-corrected chi connectivity index (χ0v) is 10.4. The lowest BCUT2D eigenvalue weighted by Gasteiger charge is -2.37. The van der Waals surface area contributed by atoms with Crippen LogP contribution in [0.5, 0.6) is 0 Å². The van der Waals surface area contributed by atoms with Crippen molar-refractivity contribution in [3.63, 3.8) is 0 Å². The fourth-order valence-electron chi connectivity index (χ4n) is 2.23. The van der Waals surface area contributed by atoms with Gasteiger partial charge in [0, 0.05) is 31.2 Å². The van der Waals surface area contributed by atoms with Crippen LogP contribution in [0.1, 0.15) is 11.9 Å². The van der Waals surface area contributed by atoms with E-state index < -0.39 is 0 Å². The Bertz CT molecular complexity index is 358. The van der Waals surface area contributed by atoms with Gasteiger partial charge in [0.15, 0.2) is 0 Å². The highest BCUT2D eigenvalue weighted by Crippen LogP contribution is 2.28. The lowest BCUT2D eigenvalue weighted by atomic mass is 10.2. The Labute approximate surface area is 105 Å². The van der Waals surface area contributed by atoms with E-state index in [9.17, 15) is 0 Å². The van der Waals surface area contributed by atoms with Crippen LogP contribution in [-0.2, 0) is 4.74 Å². The number of nitrogens with zero attached hydrogens (tertiary/aromatic N) is 3. The van der Waals surface area contributed by atoms with Gasteiger partial charge in [-0.25, -0.2) is 9.97 Å². The summed E-state index contributed by atoms with van der Waals surface area (Å²) in [5.41, 5.74) is 0.382. The molecular formula is C11H16N4OS. The van der Waals surface area contributed by atoms with E-state index in [4.69, 9.17) is 4.74 Å². The zero-order valence-electron chi connectivity index (χ0n) is 9.58. The van der Waals surface area contributed by atoms with Crippen LogP contribution in [0, 0.1) is 0 Å². The quantitative estimate of drug-likeness (QED) is 0.826. The third kappa shape index (κ3) is 2.44. The summed E-state index contributed by atoms with van der Waals surface area (Å²) in [4.78, 5) is 11.1. The van der Waals surface area contributed by atoms with Crippen molar-refractivity contribution in [2.45, 2.75) is 11.5 Å². The second kappa shape index (κ2) is 5.30. The summed E-state index contributed by atoms with van der Waals surface area (Å²) in [6.07, 6.45) is 3.59. The predicted octanol–water partition coefficient (Wildman–Crippen LogP) is 0.470. The molecule has 3 rings (SSSR count). The monoisotopic (exact) mass is 252 g/mol. The first kappa shape index (κ1) is 11.4. The van der Waals surface area contributed by atoms with E-state index in [1.54, 1.807) is 12.4 Å². The van der Waals surface area contributed by atoms with Crippen LogP contribution < -0.4 is 5.32 Å². The number of hydrogen-bond acceptors (Lipinski definition) is 6. The van der Waals surface area contributed by atoms with Gasteiger partial charge in [-0.2, -0.15) is 0 Å². The van der Waals surface area contributed by atoms with Crippen molar-refractivity contribution in [3.05, 3.63) is 24.3 Å². The average Bonchev–Trinajstić information content (AvgIpc) is 2.94. The molecular weight excluding hydrogens is 236 g/mol. The molecule has 2 atom stereocenters. The second-order valence-corrected chi connectivity index (χ2v) is 5.30. The van der Waals surface area contributed by atoms with Crippen molar-refractivity contribution < 1.29 is 4.74 Å². The Kier molecular flexibility index (Phi) is 3.56. The largest absolute Gasteiger partial charge is 0.378 e. The maximum absolute atomic E-state index is 5.57. The highest BCUT2D eigenvalue weighted by atomic mass is 32.2. The summed E-state index contributed by atoms with van der Waals surface area (Å²) >= 11 is 1.95. The fourth-order valence-corrected chi connectivity index (χ4v) is 3.37. The summed E-state index contributed by atoms with van der Waals surface area (Å²) in [5.74, 6) is 2.03. The summed E-state index contributed by atoms with van der Waals surface area (Å²) in [5, 5.41) is 3.50. The molecule has 5 nitrogen and oxygen atoms in total. The van der Waals surface area contributed by atoms with Crippen molar-refractivity contribution >= 4 is 11.8 Å². The average molecular weight is 252 g/mol. The van der Waals surface area contributed by atoms with E-state index in [-0.39, 0.29) is 6.04 Å². The summed E-state index contributed by atoms with van der Waals surface area (Å²) in [7, 11) is 0. The topological polar surface area (TPSA) is 50.3 Å². The molecule has 2 saturated heterocycles. The molecule has 0 aromatic carbocycles. The lowest BCUT2D eigenvalue weighted by Crippen LogP contribution is -2.48. The minimum Gasteiger partial charge on any atom is -0.378 e. The maximum Gasteiger partial charge on any atom is 0.147 e.